The van der Waals surface area contributed by atoms with Crippen molar-refractivity contribution < 1.29 is 9.18 Å². The first-order chi connectivity index (χ1) is 8.70. The zero-order valence-electron chi connectivity index (χ0n) is 12.0. The van der Waals surface area contributed by atoms with E-state index in [4.69, 9.17) is 5.73 Å². The van der Waals surface area contributed by atoms with Crippen molar-refractivity contribution in [2.45, 2.75) is 32.9 Å². The standard InChI is InChI=1S/C14H22FN3O/c1-14(2,3)17-8-10-11(15)6-5-7-12(10)18(4)9-13(16)19/h5-7,17H,8-9H2,1-4H3,(H2,16,19). The number of amides is 1. The maximum Gasteiger partial charge on any atom is 0.236 e. The Bertz CT molecular complexity index is 454. The summed E-state index contributed by atoms with van der Waals surface area (Å²) in [6, 6.07) is 4.83. The number of hydrogen-bond donors (Lipinski definition) is 2. The largest absolute Gasteiger partial charge is 0.368 e. The number of anilines is 1. The average Bonchev–Trinajstić information content (AvgIpc) is 2.24. The fourth-order valence-electron chi connectivity index (χ4n) is 1.75. The summed E-state index contributed by atoms with van der Waals surface area (Å²) in [5.74, 6) is -0.730. The first-order valence-corrected chi connectivity index (χ1v) is 6.22. The molecule has 0 saturated carbocycles. The van der Waals surface area contributed by atoms with Gasteiger partial charge in [-0.25, -0.2) is 4.39 Å². The van der Waals surface area contributed by atoms with Crippen LogP contribution < -0.4 is 16.0 Å². The molecule has 0 atom stereocenters. The van der Waals surface area contributed by atoms with Gasteiger partial charge in [-0.3, -0.25) is 4.79 Å². The molecule has 0 fully saturated rings. The molecule has 0 aliphatic carbocycles. The van der Waals surface area contributed by atoms with Gasteiger partial charge >= 0.3 is 0 Å². The number of nitrogens with one attached hydrogen (secondary N) is 1. The molecule has 4 nitrogen and oxygen atoms in total. The summed E-state index contributed by atoms with van der Waals surface area (Å²) in [6.45, 7) is 6.50. The molecule has 0 aliphatic heterocycles. The minimum atomic E-state index is -0.443. The van der Waals surface area contributed by atoms with Crippen molar-refractivity contribution >= 4 is 11.6 Å². The van der Waals surface area contributed by atoms with E-state index in [9.17, 15) is 9.18 Å². The number of likely N-dealkylation sites (N-methyl/N-ethyl adjacent to an activating group) is 1. The molecule has 0 heterocycles. The number of benzene rings is 1. The fraction of sp³-hybridized carbons (Fsp3) is 0.500. The van der Waals surface area contributed by atoms with E-state index >= 15 is 0 Å². The van der Waals surface area contributed by atoms with Crippen LogP contribution >= 0.6 is 0 Å². The van der Waals surface area contributed by atoms with Crippen LogP contribution in [0.2, 0.25) is 0 Å². The molecule has 1 amide bonds. The van der Waals surface area contributed by atoms with E-state index in [0.29, 0.717) is 17.8 Å². The molecule has 0 aliphatic rings. The summed E-state index contributed by atoms with van der Waals surface area (Å²) in [5, 5.41) is 3.24. The highest BCUT2D eigenvalue weighted by atomic mass is 19.1. The first kappa shape index (κ1) is 15.4. The lowest BCUT2D eigenvalue weighted by Crippen LogP contribution is -2.36. The zero-order valence-corrected chi connectivity index (χ0v) is 12.0. The molecule has 0 saturated heterocycles. The highest BCUT2D eigenvalue weighted by Gasteiger charge is 2.16. The Morgan fingerprint density at radius 1 is 1.42 bits per heavy atom. The van der Waals surface area contributed by atoms with E-state index in [1.165, 1.54) is 6.07 Å². The number of carbonyl (C=O) groups excluding carboxylic acids is 1. The molecule has 1 rings (SSSR count). The van der Waals surface area contributed by atoms with Gasteiger partial charge in [0.1, 0.15) is 5.82 Å². The highest BCUT2D eigenvalue weighted by Crippen LogP contribution is 2.22. The first-order valence-electron chi connectivity index (χ1n) is 6.22. The lowest BCUT2D eigenvalue weighted by Gasteiger charge is -2.25. The predicted octanol–water partition coefficient (Wildman–Crippen LogP) is 1.64. The molecule has 106 valence electrons. The molecule has 3 N–H and O–H groups in total. The SMILES string of the molecule is CN(CC(N)=O)c1cccc(F)c1CNC(C)(C)C. The third-order valence-electron chi connectivity index (χ3n) is 2.69. The monoisotopic (exact) mass is 267 g/mol. The van der Waals surface area contributed by atoms with Gasteiger partial charge in [-0.1, -0.05) is 6.07 Å². The maximum atomic E-state index is 13.9. The number of nitrogens with two attached hydrogens (primary N) is 1. The van der Waals surface area contributed by atoms with Gasteiger partial charge in [0.2, 0.25) is 5.91 Å². The Hall–Kier alpha value is -1.62. The molecular weight excluding hydrogens is 245 g/mol. The van der Waals surface area contributed by atoms with Crippen LogP contribution in [0.5, 0.6) is 0 Å². The number of primary amides is 1. The van der Waals surface area contributed by atoms with Crippen LogP contribution in [-0.4, -0.2) is 25.0 Å². The molecular formula is C14H22FN3O. The van der Waals surface area contributed by atoms with E-state index in [0.717, 1.165) is 0 Å². The Labute approximate surface area is 113 Å². The Balaban J connectivity index is 2.98. The second kappa shape index (κ2) is 6.02. The summed E-state index contributed by atoms with van der Waals surface area (Å²) in [4.78, 5) is 12.6. The van der Waals surface area contributed by atoms with Crippen LogP contribution in [0.25, 0.3) is 0 Å². The minimum absolute atomic E-state index is 0.0615. The third-order valence-corrected chi connectivity index (χ3v) is 2.69. The predicted molar refractivity (Wildman–Crippen MR) is 75.5 cm³/mol. The van der Waals surface area contributed by atoms with E-state index < -0.39 is 5.91 Å². The van der Waals surface area contributed by atoms with Crippen molar-refractivity contribution in [3.05, 3.63) is 29.6 Å². The van der Waals surface area contributed by atoms with Gasteiger partial charge in [-0.05, 0) is 32.9 Å². The molecule has 0 bridgehead atoms. The van der Waals surface area contributed by atoms with Crippen molar-refractivity contribution in [1.29, 1.82) is 0 Å². The molecule has 0 unspecified atom stereocenters. The highest BCUT2D eigenvalue weighted by molar-refractivity contribution is 5.79. The summed E-state index contributed by atoms with van der Waals surface area (Å²) >= 11 is 0. The van der Waals surface area contributed by atoms with E-state index in [-0.39, 0.29) is 17.9 Å². The van der Waals surface area contributed by atoms with Crippen LogP contribution in [0.3, 0.4) is 0 Å². The van der Waals surface area contributed by atoms with Gasteiger partial charge in [0.15, 0.2) is 0 Å². The number of halogens is 1. The molecule has 19 heavy (non-hydrogen) atoms. The van der Waals surface area contributed by atoms with Gasteiger partial charge in [0.05, 0.1) is 6.54 Å². The molecule has 0 aromatic heterocycles. The van der Waals surface area contributed by atoms with Crippen LogP contribution in [0.4, 0.5) is 10.1 Å². The van der Waals surface area contributed by atoms with E-state index in [1.54, 1.807) is 24.1 Å². The van der Waals surface area contributed by atoms with Gasteiger partial charge < -0.3 is 16.0 Å². The lowest BCUT2D eigenvalue weighted by molar-refractivity contribution is -0.116. The van der Waals surface area contributed by atoms with Gasteiger partial charge in [-0.2, -0.15) is 0 Å². The Morgan fingerprint density at radius 3 is 2.58 bits per heavy atom. The van der Waals surface area contributed by atoms with E-state index in [1.807, 2.05) is 20.8 Å². The number of rotatable bonds is 5. The molecule has 1 aromatic rings. The van der Waals surface area contributed by atoms with Crippen molar-refractivity contribution in [2.75, 3.05) is 18.5 Å². The summed E-state index contributed by atoms with van der Waals surface area (Å²) in [5.41, 5.74) is 6.28. The number of hydrogen-bond acceptors (Lipinski definition) is 3. The molecule has 0 radical (unpaired) electrons. The average molecular weight is 267 g/mol. The van der Waals surface area contributed by atoms with Gasteiger partial charge in [0.25, 0.3) is 0 Å². The third kappa shape index (κ3) is 4.87. The summed E-state index contributed by atoms with van der Waals surface area (Å²) < 4.78 is 13.9. The van der Waals surface area contributed by atoms with E-state index in [2.05, 4.69) is 5.32 Å². The fourth-order valence-corrected chi connectivity index (χ4v) is 1.75. The second-order valence-corrected chi connectivity index (χ2v) is 5.66. The molecule has 5 heteroatoms. The minimum Gasteiger partial charge on any atom is -0.368 e. The smallest absolute Gasteiger partial charge is 0.236 e. The summed E-state index contributed by atoms with van der Waals surface area (Å²) in [6.07, 6.45) is 0. The van der Waals surface area contributed by atoms with Crippen molar-refractivity contribution in [1.82, 2.24) is 5.32 Å². The molecule has 1 aromatic carbocycles. The van der Waals surface area contributed by atoms with Gasteiger partial charge in [-0.15, -0.1) is 0 Å². The maximum absolute atomic E-state index is 13.9. The Kier molecular flexibility index (Phi) is 4.89. The normalized spacial score (nSPS) is 11.4. The number of carbonyl (C=O) groups is 1. The van der Waals surface area contributed by atoms with Crippen molar-refractivity contribution in [3.63, 3.8) is 0 Å². The topological polar surface area (TPSA) is 58.4 Å². The molecule has 0 spiro atoms. The number of nitrogens with zero attached hydrogens (tertiary/aromatic N) is 1. The van der Waals surface area contributed by atoms with Crippen LogP contribution in [0.1, 0.15) is 26.3 Å². The van der Waals surface area contributed by atoms with Crippen LogP contribution in [0.15, 0.2) is 18.2 Å². The Morgan fingerprint density at radius 2 is 2.05 bits per heavy atom. The van der Waals surface area contributed by atoms with Crippen LogP contribution in [-0.2, 0) is 11.3 Å². The van der Waals surface area contributed by atoms with Crippen molar-refractivity contribution in [3.8, 4) is 0 Å². The lowest BCUT2D eigenvalue weighted by atomic mass is 10.1. The van der Waals surface area contributed by atoms with Crippen molar-refractivity contribution in [2.24, 2.45) is 5.73 Å². The second-order valence-electron chi connectivity index (χ2n) is 5.66. The quantitative estimate of drug-likeness (QED) is 0.852. The zero-order chi connectivity index (χ0) is 14.6. The summed E-state index contributed by atoms with van der Waals surface area (Å²) in [7, 11) is 1.72. The van der Waals surface area contributed by atoms with Crippen LogP contribution in [0, 0.1) is 5.82 Å². The van der Waals surface area contributed by atoms with Gasteiger partial charge in [0, 0.05) is 30.4 Å².